The molecular weight excluding hydrogens is 342 g/mol. The number of carbonyl (C=O) groups excluding carboxylic acids is 1. The standard InChI is InChI=1S/C22H21NO4/c23-19-11-5-6-12-22(19,20(24)25)21(26)27-13-18-16-9-3-1-7-14(16)15-8-2-4-10-17(15)18/h1-10,18-19H,11-13,23H2,(H,24,25)/t19-,22+/m1/s1. The number of hydrogen-bond donors (Lipinski definition) is 2. The first-order valence-corrected chi connectivity index (χ1v) is 9.05. The van der Waals surface area contributed by atoms with Crippen LogP contribution in [0.1, 0.15) is 29.9 Å². The van der Waals surface area contributed by atoms with Crippen molar-refractivity contribution < 1.29 is 19.4 Å². The van der Waals surface area contributed by atoms with Crippen LogP contribution in [0.4, 0.5) is 0 Å². The van der Waals surface area contributed by atoms with Crippen molar-refractivity contribution in [2.24, 2.45) is 11.1 Å². The van der Waals surface area contributed by atoms with Crippen LogP contribution in [0.15, 0.2) is 60.7 Å². The third kappa shape index (κ3) is 2.66. The number of aliphatic carboxylic acids is 1. The van der Waals surface area contributed by atoms with Crippen LogP contribution >= 0.6 is 0 Å². The smallest absolute Gasteiger partial charge is 0.325 e. The van der Waals surface area contributed by atoms with Crippen molar-refractivity contribution in [3.8, 4) is 11.1 Å². The maximum Gasteiger partial charge on any atom is 0.325 e. The van der Waals surface area contributed by atoms with Crippen LogP contribution in [-0.2, 0) is 14.3 Å². The summed E-state index contributed by atoms with van der Waals surface area (Å²) in [4.78, 5) is 24.7. The summed E-state index contributed by atoms with van der Waals surface area (Å²) in [6.45, 7) is 0.0956. The van der Waals surface area contributed by atoms with E-state index in [4.69, 9.17) is 10.5 Å². The minimum absolute atomic E-state index is 0.0557. The first-order chi connectivity index (χ1) is 13.1. The topological polar surface area (TPSA) is 89.6 Å². The largest absolute Gasteiger partial charge is 0.480 e. The van der Waals surface area contributed by atoms with Crippen LogP contribution in [0.2, 0.25) is 0 Å². The molecule has 0 saturated carbocycles. The second-order valence-electron chi connectivity index (χ2n) is 7.12. The fourth-order valence-electron chi connectivity index (χ4n) is 4.16. The number of rotatable bonds is 4. The summed E-state index contributed by atoms with van der Waals surface area (Å²) in [5.74, 6) is -2.09. The van der Waals surface area contributed by atoms with Crippen LogP contribution in [0, 0.1) is 5.41 Å². The molecule has 3 N–H and O–H groups in total. The average molecular weight is 363 g/mol. The van der Waals surface area contributed by atoms with Gasteiger partial charge in [0.1, 0.15) is 6.61 Å². The van der Waals surface area contributed by atoms with Gasteiger partial charge in [-0.05, 0) is 35.1 Å². The first-order valence-electron chi connectivity index (χ1n) is 9.05. The minimum atomic E-state index is -1.72. The lowest BCUT2D eigenvalue weighted by atomic mass is 9.73. The van der Waals surface area contributed by atoms with Crippen LogP contribution in [0.5, 0.6) is 0 Å². The molecule has 0 aliphatic heterocycles. The quantitative estimate of drug-likeness (QED) is 0.495. The molecule has 138 valence electrons. The van der Waals surface area contributed by atoms with Crippen molar-refractivity contribution >= 4 is 11.9 Å². The molecule has 2 aromatic carbocycles. The number of nitrogens with two attached hydrogens (primary N) is 1. The number of carbonyl (C=O) groups is 2. The van der Waals surface area contributed by atoms with Gasteiger partial charge in [0, 0.05) is 12.0 Å². The van der Waals surface area contributed by atoms with E-state index in [1.54, 1.807) is 6.08 Å². The molecule has 0 spiro atoms. The molecule has 2 aliphatic carbocycles. The molecule has 0 aromatic heterocycles. The molecule has 0 heterocycles. The van der Waals surface area contributed by atoms with Gasteiger partial charge < -0.3 is 15.6 Å². The van der Waals surface area contributed by atoms with Crippen molar-refractivity contribution in [3.05, 3.63) is 71.8 Å². The third-order valence-electron chi connectivity index (χ3n) is 5.72. The number of carboxylic acids is 1. The SMILES string of the molecule is N[C@@H]1CC=CC[C@]1(C(=O)O)C(=O)OCC1c2ccccc2-c2ccccc21. The number of fused-ring (bicyclic) bond motifs is 3. The Bertz CT molecular complexity index is 890. The second kappa shape index (κ2) is 6.67. The monoisotopic (exact) mass is 363 g/mol. The summed E-state index contributed by atoms with van der Waals surface area (Å²) in [6, 6.07) is 15.2. The van der Waals surface area contributed by atoms with Gasteiger partial charge in [-0.1, -0.05) is 60.7 Å². The van der Waals surface area contributed by atoms with E-state index in [0.29, 0.717) is 6.42 Å². The maximum absolute atomic E-state index is 12.8. The van der Waals surface area contributed by atoms with Crippen molar-refractivity contribution in [3.63, 3.8) is 0 Å². The Labute approximate surface area is 157 Å². The zero-order valence-electron chi connectivity index (χ0n) is 14.8. The van der Waals surface area contributed by atoms with Crippen LogP contribution in [0.3, 0.4) is 0 Å². The molecule has 27 heavy (non-hydrogen) atoms. The van der Waals surface area contributed by atoms with E-state index in [0.717, 1.165) is 22.3 Å². The highest BCUT2D eigenvalue weighted by molar-refractivity contribution is 6.00. The Morgan fingerprint density at radius 1 is 1.04 bits per heavy atom. The van der Waals surface area contributed by atoms with E-state index in [1.165, 1.54) is 0 Å². The number of carboxylic acid groups (broad SMARTS) is 1. The third-order valence-corrected chi connectivity index (χ3v) is 5.72. The molecule has 5 heteroatoms. The number of hydrogen-bond acceptors (Lipinski definition) is 4. The second-order valence-corrected chi connectivity index (χ2v) is 7.12. The summed E-state index contributed by atoms with van der Waals surface area (Å²) >= 11 is 0. The lowest BCUT2D eigenvalue weighted by Crippen LogP contribution is -2.54. The molecule has 2 atom stereocenters. The molecule has 2 aromatic rings. The molecule has 0 amide bonds. The zero-order valence-corrected chi connectivity index (χ0v) is 14.8. The summed E-state index contributed by atoms with van der Waals surface area (Å²) in [5, 5.41) is 9.72. The Hall–Kier alpha value is -2.92. The van der Waals surface area contributed by atoms with Gasteiger partial charge in [-0.25, -0.2) is 0 Å². The Morgan fingerprint density at radius 2 is 1.63 bits per heavy atom. The molecular formula is C22H21NO4. The lowest BCUT2D eigenvalue weighted by molar-refractivity contribution is -0.171. The lowest BCUT2D eigenvalue weighted by Gasteiger charge is -2.34. The maximum atomic E-state index is 12.8. The highest BCUT2D eigenvalue weighted by Crippen LogP contribution is 2.45. The fraction of sp³-hybridized carbons (Fsp3) is 0.273. The molecule has 0 fully saturated rings. The van der Waals surface area contributed by atoms with Gasteiger partial charge in [0.15, 0.2) is 5.41 Å². The highest BCUT2D eigenvalue weighted by atomic mass is 16.5. The minimum Gasteiger partial charge on any atom is -0.480 e. The van der Waals surface area contributed by atoms with E-state index in [9.17, 15) is 14.7 Å². The normalized spacial score (nSPS) is 23.5. The highest BCUT2D eigenvalue weighted by Gasteiger charge is 2.53. The Morgan fingerprint density at radius 3 is 2.19 bits per heavy atom. The van der Waals surface area contributed by atoms with Gasteiger partial charge in [-0.15, -0.1) is 0 Å². The summed E-state index contributed by atoms with van der Waals surface area (Å²) in [6.07, 6.45) is 3.90. The van der Waals surface area contributed by atoms with Gasteiger partial charge in [0.2, 0.25) is 0 Å². The molecule has 2 aliphatic rings. The average Bonchev–Trinajstić information content (AvgIpc) is 3.00. The van der Waals surface area contributed by atoms with Gasteiger partial charge in [-0.2, -0.15) is 0 Å². The summed E-state index contributed by atoms with van der Waals surface area (Å²) in [7, 11) is 0. The predicted molar refractivity (Wildman–Crippen MR) is 101 cm³/mol. The van der Waals surface area contributed by atoms with E-state index >= 15 is 0 Å². The number of ether oxygens (including phenoxy) is 1. The van der Waals surface area contributed by atoms with Gasteiger partial charge in [0.25, 0.3) is 0 Å². The Kier molecular flexibility index (Phi) is 4.32. The van der Waals surface area contributed by atoms with E-state index < -0.39 is 23.4 Å². The van der Waals surface area contributed by atoms with E-state index in [1.807, 2.05) is 42.5 Å². The Balaban J connectivity index is 1.61. The molecule has 0 unspecified atom stereocenters. The van der Waals surface area contributed by atoms with Gasteiger partial charge in [0.05, 0.1) is 0 Å². The first kappa shape index (κ1) is 17.5. The van der Waals surface area contributed by atoms with Crippen molar-refractivity contribution in [1.29, 1.82) is 0 Å². The number of esters is 1. The van der Waals surface area contributed by atoms with Crippen molar-refractivity contribution in [2.75, 3.05) is 6.61 Å². The van der Waals surface area contributed by atoms with Gasteiger partial charge >= 0.3 is 11.9 Å². The summed E-state index contributed by atoms with van der Waals surface area (Å²) < 4.78 is 5.58. The van der Waals surface area contributed by atoms with Crippen LogP contribution < -0.4 is 5.73 Å². The molecule has 0 bridgehead atoms. The van der Waals surface area contributed by atoms with Gasteiger partial charge in [-0.3, -0.25) is 9.59 Å². The number of benzene rings is 2. The number of allylic oxidation sites excluding steroid dienone is 1. The predicted octanol–water partition coefficient (Wildman–Crippen LogP) is 3.09. The fourth-order valence-corrected chi connectivity index (χ4v) is 4.16. The van der Waals surface area contributed by atoms with Crippen LogP contribution in [0.25, 0.3) is 11.1 Å². The zero-order chi connectivity index (χ0) is 19.0. The van der Waals surface area contributed by atoms with Crippen molar-refractivity contribution in [2.45, 2.75) is 24.8 Å². The summed E-state index contributed by atoms with van der Waals surface area (Å²) in [5.41, 5.74) is 8.73. The van der Waals surface area contributed by atoms with E-state index in [2.05, 4.69) is 12.1 Å². The van der Waals surface area contributed by atoms with Crippen LogP contribution in [-0.4, -0.2) is 29.7 Å². The van der Waals surface area contributed by atoms with E-state index in [-0.39, 0.29) is 18.9 Å². The molecule has 5 nitrogen and oxygen atoms in total. The molecule has 0 radical (unpaired) electrons. The molecule has 0 saturated heterocycles. The molecule has 4 rings (SSSR count). The van der Waals surface area contributed by atoms with Crippen molar-refractivity contribution in [1.82, 2.24) is 0 Å².